The van der Waals surface area contributed by atoms with E-state index in [1.807, 2.05) is 24.3 Å². The molecule has 1 fully saturated rings. The van der Waals surface area contributed by atoms with Crippen molar-refractivity contribution >= 4 is 40.6 Å². The van der Waals surface area contributed by atoms with Crippen LogP contribution in [0.15, 0.2) is 36.5 Å². The molecule has 4 N–H and O–H groups in total. The first kappa shape index (κ1) is 20.2. The van der Waals surface area contributed by atoms with Crippen molar-refractivity contribution < 1.29 is 17.2 Å². The molecule has 0 saturated heterocycles. The minimum absolute atomic E-state index is 0. The summed E-state index contributed by atoms with van der Waals surface area (Å²) in [6.45, 7) is 0. The third-order valence-corrected chi connectivity index (χ3v) is 5.03. The summed E-state index contributed by atoms with van der Waals surface area (Å²) in [5, 5.41) is 30.3. The van der Waals surface area contributed by atoms with E-state index in [0.717, 1.165) is 11.3 Å². The van der Waals surface area contributed by atoms with Gasteiger partial charge in [-0.25, -0.2) is 4.98 Å². The second-order valence-corrected chi connectivity index (χ2v) is 7.60. The first-order valence-corrected chi connectivity index (χ1v) is 9.57. The lowest BCUT2D eigenvalue weighted by Gasteiger charge is -2.10. The summed E-state index contributed by atoms with van der Waals surface area (Å²) in [5.41, 5.74) is -0.137. The van der Waals surface area contributed by atoms with Crippen molar-refractivity contribution in [1.29, 1.82) is 16.1 Å². The minimum Gasteiger partial charge on any atom is -0.429 e. The summed E-state index contributed by atoms with van der Waals surface area (Å²) in [4.78, 5) is 28.5. The Morgan fingerprint density at radius 1 is 1.28 bits per heavy atom. The summed E-state index contributed by atoms with van der Waals surface area (Å²) < 4.78 is 5.05. The second-order valence-electron chi connectivity index (χ2n) is 6.48. The molecule has 0 unspecified atom stereocenters. The number of amides is 2. The number of ether oxygens (including phenoxy) is 1. The van der Waals surface area contributed by atoms with E-state index in [0.29, 0.717) is 28.4 Å². The van der Waals surface area contributed by atoms with Gasteiger partial charge in [0.15, 0.2) is 11.8 Å². The number of anilines is 1. The topological polar surface area (TPSA) is 152 Å². The highest BCUT2D eigenvalue weighted by Gasteiger charge is 2.44. The zero-order valence-electron chi connectivity index (χ0n) is 15.3. The van der Waals surface area contributed by atoms with Crippen molar-refractivity contribution in [3.8, 4) is 6.07 Å². The Morgan fingerprint density at radius 2 is 2.00 bits per heavy atom. The van der Waals surface area contributed by atoms with E-state index in [1.165, 1.54) is 6.20 Å². The highest BCUT2D eigenvalue weighted by molar-refractivity contribution is 7.13. The van der Waals surface area contributed by atoms with E-state index in [-0.39, 0.29) is 33.4 Å². The maximum Gasteiger partial charge on any atom is 0.267 e. The lowest BCUT2D eigenvalue weighted by atomic mass is 10.3. The number of nitriles is 1. The van der Waals surface area contributed by atoms with Crippen molar-refractivity contribution in [1.82, 2.24) is 10.3 Å². The molecule has 0 aliphatic heterocycles. The Balaban J connectivity index is 0.00000240. The number of hydrogen-bond donors (Lipinski definition) is 4. The monoisotopic (exact) mass is 414 g/mol. The molecule has 0 radical (unpaired) electrons. The lowest BCUT2D eigenvalue weighted by Crippen LogP contribution is -2.37. The van der Waals surface area contributed by atoms with Crippen LogP contribution in [0, 0.1) is 22.1 Å². The van der Waals surface area contributed by atoms with Gasteiger partial charge in [0.1, 0.15) is 21.8 Å². The number of carbonyl (C=O) groups excluding carboxylic acids is 2. The van der Waals surface area contributed by atoms with Gasteiger partial charge in [0.25, 0.3) is 5.91 Å². The summed E-state index contributed by atoms with van der Waals surface area (Å²) in [6, 6.07) is 11.0. The molecule has 10 heteroatoms. The van der Waals surface area contributed by atoms with Crippen LogP contribution >= 0.6 is 11.3 Å². The number of para-hydroxylation sites is 1. The van der Waals surface area contributed by atoms with Crippen LogP contribution in [0.4, 0.5) is 5.69 Å². The third kappa shape index (κ3) is 5.70. The van der Waals surface area contributed by atoms with Crippen LogP contribution in [0.5, 0.6) is 0 Å². The Bertz CT molecular complexity index is 1000. The van der Waals surface area contributed by atoms with E-state index >= 15 is 0 Å². The number of nitrogens with one attached hydrogen (secondary N) is 4. The molecule has 1 aliphatic carbocycles. The molecule has 152 valence electrons. The molecule has 0 spiro atoms. The molecule has 2 amide bonds. The molecular weight excluding hydrogens is 392 g/mol. The number of carbonyl (C=O) groups is 2. The van der Waals surface area contributed by atoms with Crippen LogP contribution in [-0.2, 0) is 16.0 Å². The van der Waals surface area contributed by atoms with Gasteiger partial charge in [0, 0.05) is 8.54 Å². The molecule has 2 aromatic rings. The van der Waals surface area contributed by atoms with Gasteiger partial charge in [0.2, 0.25) is 5.91 Å². The molecule has 3 rings (SSSR count). The summed E-state index contributed by atoms with van der Waals surface area (Å²) in [5.74, 6) is -1.44. The van der Waals surface area contributed by atoms with Crippen LogP contribution in [0.1, 0.15) is 36.8 Å². The number of rotatable bonds is 7. The van der Waals surface area contributed by atoms with Gasteiger partial charge in [-0.3, -0.25) is 20.4 Å². The Labute approximate surface area is 173 Å². The molecule has 0 atom stereocenters. The standard InChI is InChI=1S/C19H18N6O3S.2H2/c20-11-19(6-7-19)25-16(26)8-14(21)28-15(22)9-17-23-10-13(29-17)18(27)24-12-4-2-1-3-5-12;;/h1-5,10,21-22H,6-9H2,(H,24,27)(H,25,26);2*1H. The average Bonchev–Trinajstić information content (AvgIpc) is 3.29. The number of nitrogens with zero attached hydrogens (tertiary/aromatic N) is 2. The van der Waals surface area contributed by atoms with E-state index in [2.05, 4.69) is 15.6 Å². The van der Waals surface area contributed by atoms with Crippen LogP contribution in [-0.4, -0.2) is 34.1 Å². The van der Waals surface area contributed by atoms with E-state index < -0.39 is 11.4 Å². The zero-order valence-corrected chi connectivity index (χ0v) is 16.1. The highest BCUT2D eigenvalue weighted by Crippen LogP contribution is 2.34. The van der Waals surface area contributed by atoms with Crippen molar-refractivity contribution in [3.63, 3.8) is 0 Å². The zero-order chi connectivity index (χ0) is 20.9. The van der Waals surface area contributed by atoms with Crippen LogP contribution < -0.4 is 10.6 Å². The molecule has 9 nitrogen and oxygen atoms in total. The van der Waals surface area contributed by atoms with Gasteiger partial charge in [-0.15, -0.1) is 11.3 Å². The van der Waals surface area contributed by atoms with E-state index in [1.54, 1.807) is 12.1 Å². The highest BCUT2D eigenvalue weighted by atomic mass is 32.1. The Kier molecular flexibility index (Phi) is 5.99. The Hall–Kier alpha value is -3.58. The fourth-order valence-corrected chi connectivity index (χ4v) is 3.23. The van der Waals surface area contributed by atoms with Gasteiger partial charge < -0.3 is 15.4 Å². The Morgan fingerprint density at radius 3 is 2.66 bits per heavy atom. The van der Waals surface area contributed by atoms with Crippen molar-refractivity contribution in [3.05, 3.63) is 46.4 Å². The molecular formula is C19H22N6O3S. The van der Waals surface area contributed by atoms with Gasteiger partial charge in [-0.2, -0.15) is 5.26 Å². The van der Waals surface area contributed by atoms with Crippen LogP contribution in [0.2, 0.25) is 0 Å². The third-order valence-electron chi connectivity index (χ3n) is 4.03. The molecule has 1 aromatic heterocycles. The normalized spacial score (nSPS) is 13.6. The molecule has 1 heterocycles. The molecule has 1 saturated carbocycles. The summed E-state index contributed by atoms with van der Waals surface area (Å²) in [6.07, 6.45) is 2.26. The first-order valence-electron chi connectivity index (χ1n) is 8.75. The van der Waals surface area contributed by atoms with E-state index in [4.69, 9.17) is 20.8 Å². The number of aromatic nitrogens is 1. The molecule has 1 aromatic carbocycles. The quantitative estimate of drug-likeness (QED) is 0.405. The number of hydrogen-bond acceptors (Lipinski definition) is 8. The fraction of sp³-hybridized carbons (Fsp3) is 0.263. The van der Waals surface area contributed by atoms with E-state index in [9.17, 15) is 9.59 Å². The SMILES string of the molecule is N#CC1(NC(=O)CC(=N)OC(=N)Cc2ncc(C(=O)Nc3ccccc3)s2)CC1.[HH].[HH]. The predicted molar refractivity (Wildman–Crippen MR) is 111 cm³/mol. The van der Waals surface area contributed by atoms with Crippen LogP contribution in [0.3, 0.4) is 0 Å². The van der Waals surface area contributed by atoms with Gasteiger partial charge in [-0.1, -0.05) is 18.2 Å². The molecule has 29 heavy (non-hydrogen) atoms. The smallest absolute Gasteiger partial charge is 0.267 e. The van der Waals surface area contributed by atoms with Gasteiger partial charge >= 0.3 is 0 Å². The minimum atomic E-state index is -0.803. The van der Waals surface area contributed by atoms with Gasteiger partial charge in [-0.05, 0) is 25.0 Å². The number of benzene rings is 1. The van der Waals surface area contributed by atoms with Crippen molar-refractivity contribution in [2.24, 2.45) is 0 Å². The van der Waals surface area contributed by atoms with Gasteiger partial charge in [0.05, 0.1) is 18.7 Å². The van der Waals surface area contributed by atoms with Crippen molar-refractivity contribution in [2.45, 2.75) is 31.2 Å². The first-order chi connectivity index (χ1) is 13.9. The number of thiazole rings is 1. The molecule has 0 bridgehead atoms. The average molecular weight is 414 g/mol. The predicted octanol–water partition coefficient (Wildman–Crippen LogP) is 2.96. The lowest BCUT2D eigenvalue weighted by molar-refractivity contribution is -0.120. The maximum absolute atomic E-state index is 12.2. The second kappa shape index (κ2) is 8.62. The summed E-state index contributed by atoms with van der Waals surface area (Å²) in [7, 11) is 0. The van der Waals surface area contributed by atoms with Crippen molar-refractivity contribution in [2.75, 3.05) is 5.32 Å². The molecule has 1 aliphatic rings. The maximum atomic E-state index is 12.2. The van der Waals surface area contributed by atoms with Crippen LogP contribution in [0.25, 0.3) is 0 Å². The largest absolute Gasteiger partial charge is 0.429 e. The summed E-state index contributed by atoms with van der Waals surface area (Å²) >= 11 is 1.12. The fourth-order valence-electron chi connectivity index (χ4n) is 2.42.